The molecule has 4 rings (SSSR count). The lowest BCUT2D eigenvalue weighted by atomic mass is 10.1. The van der Waals surface area contributed by atoms with Crippen LogP contribution >= 0.6 is 23.2 Å². The molecule has 0 radical (unpaired) electrons. The number of rotatable bonds is 1. The number of benzene rings is 2. The number of anilines is 1. The van der Waals surface area contributed by atoms with E-state index in [2.05, 4.69) is 5.32 Å². The van der Waals surface area contributed by atoms with E-state index in [1.165, 1.54) is 0 Å². The second-order valence-corrected chi connectivity index (χ2v) is 6.48. The second kappa shape index (κ2) is 5.49. The quantitative estimate of drug-likeness (QED) is 0.852. The van der Waals surface area contributed by atoms with Crippen LogP contribution in [0.3, 0.4) is 0 Å². The maximum Gasteiger partial charge on any atom is 0.238 e. The minimum absolute atomic E-state index is 0.0759. The van der Waals surface area contributed by atoms with Gasteiger partial charge in [0.1, 0.15) is 0 Å². The van der Waals surface area contributed by atoms with Crippen LogP contribution in [-0.2, 0) is 15.3 Å². The third-order valence-corrected chi connectivity index (χ3v) is 4.88. The van der Waals surface area contributed by atoms with Gasteiger partial charge in [-0.1, -0.05) is 41.4 Å². The number of amides is 1. The molecule has 1 saturated heterocycles. The highest BCUT2D eigenvalue weighted by Gasteiger charge is 2.50. The van der Waals surface area contributed by atoms with Gasteiger partial charge in [0.05, 0.1) is 13.2 Å². The van der Waals surface area contributed by atoms with Gasteiger partial charge in [-0.3, -0.25) is 9.69 Å². The second-order valence-electron chi connectivity index (χ2n) is 5.63. The molecule has 0 aliphatic carbocycles. The van der Waals surface area contributed by atoms with Crippen molar-refractivity contribution in [2.45, 2.75) is 5.72 Å². The van der Waals surface area contributed by atoms with Crippen LogP contribution in [-0.4, -0.2) is 30.5 Å². The summed E-state index contributed by atoms with van der Waals surface area (Å²) >= 11 is 12.7. The van der Waals surface area contributed by atoms with Crippen molar-refractivity contribution in [1.82, 2.24) is 4.90 Å². The van der Waals surface area contributed by atoms with Gasteiger partial charge in [-0.25, -0.2) is 0 Å². The van der Waals surface area contributed by atoms with Crippen molar-refractivity contribution < 1.29 is 9.53 Å². The number of carbonyl (C=O) groups excluding carboxylic acids is 1. The number of nitrogens with one attached hydrogen (secondary N) is 1. The van der Waals surface area contributed by atoms with Crippen LogP contribution in [0.5, 0.6) is 0 Å². The van der Waals surface area contributed by atoms with E-state index in [0.717, 1.165) is 11.1 Å². The van der Waals surface area contributed by atoms with Gasteiger partial charge in [0.2, 0.25) is 5.91 Å². The summed E-state index contributed by atoms with van der Waals surface area (Å²) in [4.78, 5) is 14.3. The first-order chi connectivity index (χ1) is 11.1. The largest absolute Gasteiger partial charge is 0.350 e. The summed E-state index contributed by atoms with van der Waals surface area (Å²) < 4.78 is 6.21. The SMILES string of the molecule is O=C1CN2CCOC2(c2ccccc2Cl)[13c]2[13cH][13c](Cl)[13cH][13cH][13c]2N1. The molecule has 2 heterocycles. The average Bonchev–Trinajstić information content (AvgIpc) is 2.89. The number of hydrogen-bond acceptors (Lipinski definition) is 3. The molecule has 23 heavy (non-hydrogen) atoms. The van der Waals surface area contributed by atoms with Crippen LogP contribution in [0.4, 0.5) is 5.69 Å². The topological polar surface area (TPSA) is 41.6 Å². The molecule has 2 aromatic carbocycles. The number of nitrogens with zero attached hydrogens (tertiary/aromatic N) is 1. The highest BCUT2D eigenvalue weighted by Crippen LogP contribution is 2.47. The summed E-state index contributed by atoms with van der Waals surface area (Å²) in [5.41, 5.74) is 1.42. The fourth-order valence-corrected chi connectivity index (χ4v) is 3.82. The molecule has 1 unspecified atom stereocenters. The maximum atomic E-state index is 12.3. The van der Waals surface area contributed by atoms with Gasteiger partial charge in [-0.05, 0) is 24.3 Å². The molecule has 0 aromatic heterocycles. The summed E-state index contributed by atoms with van der Waals surface area (Å²) in [6.07, 6.45) is 0. The smallest absolute Gasteiger partial charge is 0.238 e. The van der Waals surface area contributed by atoms with Crippen molar-refractivity contribution in [2.75, 3.05) is 25.0 Å². The maximum absolute atomic E-state index is 12.3. The summed E-state index contributed by atoms with van der Waals surface area (Å²) in [6.45, 7) is 1.40. The Balaban J connectivity index is 2.04. The highest BCUT2D eigenvalue weighted by molar-refractivity contribution is 6.31. The van der Waals surface area contributed by atoms with Gasteiger partial charge in [-0.2, -0.15) is 0 Å². The molecule has 1 fully saturated rings. The summed E-state index contributed by atoms with van der Waals surface area (Å²) in [5, 5.41) is 4.11. The first kappa shape index (κ1) is 15.0. The van der Waals surface area contributed by atoms with E-state index in [0.29, 0.717) is 28.9 Å². The number of fused-ring (bicyclic) bond motifs is 3. The van der Waals surface area contributed by atoms with Crippen molar-refractivity contribution in [3.63, 3.8) is 0 Å². The molecule has 2 aliphatic heterocycles. The molecule has 4 nitrogen and oxygen atoms in total. The zero-order valence-electron chi connectivity index (χ0n) is 12.2. The monoisotopic (exact) mass is 354 g/mol. The summed E-state index contributed by atoms with van der Waals surface area (Å²) in [5.74, 6) is -0.0759. The third-order valence-electron chi connectivity index (χ3n) is 4.31. The van der Waals surface area contributed by atoms with Gasteiger partial charge < -0.3 is 10.1 Å². The van der Waals surface area contributed by atoms with E-state index >= 15 is 0 Å². The Morgan fingerprint density at radius 3 is 2.78 bits per heavy atom. The Labute approximate surface area is 143 Å². The Morgan fingerprint density at radius 2 is 1.96 bits per heavy atom. The Bertz CT molecular complexity index is 796. The third kappa shape index (κ3) is 2.25. The highest BCUT2D eigenvalue weighted by atomic mass is 35.5. The van der Waals surface area contributed by atoms with Gasteiger partial charge >= 0.3 is 0 Å². The van der Waals surface area contributed by atoms with Gasteiger partial charge in [0.15, 0.2) is 5.72 Å². The molecule has 118 valence electrons. The van der Waals surface area contributed by atoms with Gasteiger partial charge in [-0.15, -0.1) is 0 Å². The van der Waals surface area contributed by atoms with Crippen molar-refractivity contribution in [3.05, 3.63) is 63.6 Å². The normalized spacial score (nSPS) is 23.8. The first-order valence-electron chi connectivity index (χ1n) is 7.35. The molecule has 0 bridgehead atoms. The molecular formula is C17H14Cl2N2O2. The van der Waals surface area contributed by atoms with Crippen molar-refractivity contribution in [1.29, 1.82) is 0 Å². The lowest BCUT2D eigenvalue weighted by Gasteiger charge is -2.37. The number of ether oxygens (including phenoxy) is 1. The number of halogens is 2. The van der Waals surface area contributed by atoms with Crippen LogP contribution in [0.2, 0.25) is 10.0 Å². The zero-order chi connectivity index (χ0) is 16.0. The molecule has 1 N–H and O–H groups in total. The minimum atomic E-state index is -0.905. The average molecular weight is 355 g/mol. The Hall–Kier alpha value is -1.59. The standard InChI is InChI=1S/C17H14Cl2N2O2/c18-11-5-6-15-13(9-11)17(12-3-1-2-4-14(12)19)21(7-8-23-17)10-16(22)20-15/h1-6,9H,7-8,10H2,(H,20,22)/i5+1,6+1,9+1,11+1,13+1,15+1. The van der Waals surface area contributed by atoms with Crippen LogP contribution in [0, 0.1) is 0 Å². The molecule has 2 aromatic rings. The molecular weight excluding hydrogens is 341 g/mol. The fourth-order valence-electron chi connectivity index (χ4n) is 3.39. The molecule has 0 saturated carbocycles. The number of carbonyl (C=O) groups is 1. The van der Waals surface area contributed by atoms with E-state index in [-0.39, 0.29) is 12.5 Å². The van der Waals surface area contributed by atoms with Crippen molar-refractivity contribution in [3.8, 4) is 0 Å². The fraction of sp³-hybridized carbons (Fsp3) is 0.235. The molecule has 1 amide bonds. The van der Waals surface area contributed by atoms with Gasteiger partial charge in [0, 0.05) is 33.4 Å². The lowest BCUT2D eigenvalue weighted by molar-refractivity contribution is -0.120. The molecule has 0 spiro atoms. The van der Waals surface area contributed by atoms with E-state index in [1.54, 1.807) is 12.1 Å². The van der Waals surface area contributed by atoms with E-state index in [9.17, 15) is 4.79 Å². The Morgan fingerprint density at radius 1 is 1.13 bits per heavy atom. The summed E-state index contributed by atoms with van der Waals surface area (Å²) in [6, 6.07) is 13.0. The van der Waals surface area contributed by atoms with Crippen LogP contribution in [0.1, 0.15) is 11.1 Å². The first-order valence-corrected chi connectivity index (χ1v) is 8.11. The van der Waals surface area contributed by atoms with E-state index in [4.69, 9.17) is 27.9 Å². The minimum Gasteiger partial charge on any atom is -0.350 e. The lowest BCUT2D eigenvalue weighted by Crippen LogP contribution is -2.44. The zero-order valence-corrected chi connectivity index (χ0v) is 13.7. The molecule has 2 aliphatic rings. The Kier molecular flexibility index (Phi) is 3.58. The van der Waals surface area contributed by atoms with E-state index < -0.39 is 5.72 Å². The van der Waals surface area contributed by atoms with Crippen molar-refractivity contribution in [2.24, 2.45) is 0 Å². The van der Waals surface area contributed by atoms with Crippen LogP contribution < -0.4 is 5.32 Å². The van der Waals surface area contributed by atoms with Crippen LogP contribution in [0.15, 0.2) is 42.5 Å². The molecule has 6 heteroatoms. The van der Waals surface area contributed by atoms with Crippen LogP contribution in [0.25, 0.3) is 0 Å². The van der Waals surface area contributed by atoms with Crippen molar-refractivity contribution >= 4 is 34.8 Å². The predicted octanol–water partition coefficient (Wildman–Crippen LogP) is 3.48. The van der Waals surface area contributed by atoms with Gasteiger partial charge in [0.25, 0.3) is 0 Å². The predicted molar refractivity (Wildman–Crippen MR) is 89.8 cm³/mol. The van der Waals surface area contributed by atoms with E-state index in [1.807, 2.05) is 35.2 Å². The summed E-state index contributed by atoms with van der Waals surface area (Å²) in [7, 11) is 0. The molecule has 1 atom stereocenters. The number of hydrogen-bond donors (Lipinski definition) is 1.